The summed E-state index contributed by atoms with van der Waals surface area (Å²) in [7, 11) is 12.2. The van der Waals surface area contributed by atoms with Crippen molar-refractivity contribution in [3.8, 4) is 5.75 Å². The Bertz CT molecular complexity index is 1110. The number of alkyl halides is 3. The summed E-state index contributed by atoms with van der Waals surface area (Å²) in [5, 5.41) is 0. The van der Waals surface area contributed by atoms with Crippen LogP contribution in [0.2, 0.25) is 0 Å². The quantitative estimate of drug-likeness (QED) is 0.207. The first kappa shape index (κ1) is 30.6. The largest absolute Gasteiger partial charge is 0.451 e. The lowest BCUT2D eigenvalue weighted by atomic mass is 9.59. The van der Waals surface area contributed by atoms with E-state index in [4.69, 9.17) is 37.6 Å². The fourth-order valence-corrected chi connectivity index (χ4v) is 6.43. The summed E-state index contributed by atoms with van der Waals surface area (Å²) in [6.07, 6.45) is -5.43. The van der Waals surface area contributed by atoms with Gasteiger partial charge in [-0.25, -0.2) is 0 Å². The topological polar surface area (TPSA) is 107 Å². The van der Waals surface area contributed by atoms with Gasteiger partial charge in [-0.3, -0.25) is 14.1 Å². The van der Waals surface area contributed by atoms with E-state index in [1.165, 1.54) is 0 Å². The van der Waals surface area contributed by atoms with Crippen molar-refractivity contribution in [1.82, 2.24) is 0 Å². The second-order valence-corrected chi connectivity index (χ2v) is 11.8. The van der Waals surface area contributed by atoms with E-state index in [1.807, 2.05) is 0 Å². The zero-order valence-corrected chi connectivity index (χ0v) is 21.7. The Morgan fingerprint density at radius 2 is 1.61 bits per heavy atom. The highest BCUT2D eigenvalue weighted by Crippen LogP contribution is 2.51. The van der Waals surface area contributed by atoms with Crippen molar-refractivity contribution in [1.29, 1.82) is 0 Å². The van der Waals surface area contributed by atoms with Gasteiger partial charge >= 0.3 is 18.1 Å². The van der Waals surface area contributed by atoms with Crippen molar-refractivity contribution < 1.29 is 45.2 Å². The van der Waals surface area contributed by atoms with E-state index in [2.05, 4.69) is 0 Å². The fraction of sp³-hybridized carbons (Fsp3) is 0.667. The SMILES string of the molecule is [B]Cc1cc(C[B])c(OC(=O)CC2(C(=O)OC(CS(=O)(=O)O)C(F)(F)F)CC3CCCC(C3)C2)c(C[B])c1. The lowest BCUT2D eigenvalue weighted by Crippen LogP contribution is -2.48. The molecular formula is C24H28B3F3O7S. The Kier molecular flexibility index (Phi) is 9.71. The average Bonchev–Trinajstić information content (AvgIpc) is 2.81. The lowest BCUT2D eigenvalue weighted by Gasteiger charge is -2.45. The van der Waals surface area contributed by atoms with E-state index < -0.39 is 51.9 Å². The second kappa shape index (κ2) is 12.1. The van der Waals surface area contributed by atoms with Crippen LogP contribution < -0.4 is 4.74 Å². The molecule has 0 saturated heterocycles. The summed E-state index contributed by atoms with van der Waals surface area (Å²) >= 11 is 0. The molecule has 7 nitrogen and oxygen atoms in total. The summed E-state index contributed by atoms with van der Waals surface area (Å²) in [5.74, 6) is -3.99. The zero-order valence-electron chi connectivity index (χ0n) is 20.8. The molecule has 3 rings (SSSR count). The molecule has 202 valence electrons. The summed E-state index contributed by atoms with van der Waals surface area (Å²) in [4.78, 5) is 26.6. The standard InChI is InChI=1S/C24H28B3F3O7S/c25-10-16-5-17(11-26)21(18(6-16)12-27)37-20(31)9-23(7-14-2-1-3-15(4-14)8-23)22(32)36-19(24(28,29)30)13-38(33,34)35/h5-6,14-15,19H,1-4,7-13H2,(H,33,34,35). The Morgan fingerprint density at radius 3 is 2.05 bits per heavy atom. The molecule has 14 heteroatoms. The van der Waals surface area contributed by atoms with Gasteiger partial charge in [-0.2, -0.15) is 21.6 Å². The minimum atomic E-state index is -5.26. The fourth-order valence-electron chi connectivity index (χ4n) is 5.79. The molecule has 2 aliphatic carbocycles. The molecule has 3 unspecified atom stereocenters. The van der Waals surface area contributed by atoms with Crippen LogP contribution in [-0.2, 0) is 43.4 Å². The maximum absolute atomic E-state index is 13.5. The summed E-state index contributed by atoms with van der Waals surface area (Å²) in [6, 6.07) is 3.31. The molecule has 2 aliphatic rings. The molecule has 0 spiro atoms. The highest BCUT2D eigenvalue weighted by molar-refractivity contribution is 7.85. The van der Waals surface area contributed by atoms with Crippen molar-refractivity contribution >= 4 is 45.6 Å². The number of hydrogen-bond donors (Lipinski definition) is 1. The molecule has 0 heterocycles. The molecular weight excluding hydrogens is 522 g/mol. The summed E-state index contributed by atoms with van der Waals surface area (Å²) in [6.45, 7) is 0. The Hall–Kier alpha value is -1.95. The molecule has 38 heavy (non-hydrogen) atoms. The highest BCUT2D eigenvalue weighted by Gasteiger charge is 2.53. The van der Waals surface area contributed by atoms with Gasteiger partial charge in [-0.05, 0) is 42.2 Å². The Balaban J connectivity index is 1.92. The predicted molar refractivity (Wildman–Crippen MR) is 135 cm³/mol. The van der Waals surface area contributed by atoms with Crippen molar-refractivity contribution in [2.24, 2.45) is 17.3 Å². The molecule has 2 bridgehead atoms. The van der Waals surface area contributed by atoms with Crippen molar-refractivity contribution in [2.75, 3.05) is 5.75 Å². The maximum atomic E-state index is 13.5. The first-order chi connectivity index (χ1) is 17.7. The van der Waals surface area contributed by atoms with Crippen LogP contribution in [0.25, 0.3) is 0 Å². The van der Waals surface area contributed by atoms with Gasteiger partial charge in [0.25, 0.3) is 10.1 Å². The molecule has 1 aromatic rings. The van der Waals surface area contributed by atoms with Gasteiger partial charge in [0.15, 0.2) is 0 Å². The van der Waals surface area contributed by atoms with E-state index in [1.54, 1.807) is 12.1 Å². The zero-order chi connectivity index (χ0) is 28.3. The van der Waals surface area contributed by atoms with Crippen LogP contribution >= 0.6 is 0 Å². The molecule has 3 atom stereocenters. The van der Waals surface area contributed by atoms with Crippen LogP contribution in [0.5, 0.6) is 5.75 Å². The van der Waals surface area contributed by atoms with Crippen molar-refractivity contribution in [3.63, 3.8) is 0 Å². The van der Waals surface area contributed by atoms with E-state index in [0.29, 0.717) is 16.7 Å². The predicted octanol–water partition coefficient (Wildman–Crippen LogP) is 2.94. The maximum Gasteiger partial charge on any atom is 0.426 e. The van der Waals surface area contributed by atoms with Crippen LogP contribution in [0.3, 0.4) is 0 Å². The summed E-state index contributed by atoms with van der Waals surface area (Å²) < 4.78 is 82.3. The third-order valence-corrected chi connectivity index (χ3v) is 8.06. The van der Waals surface area contributed by atoms with Gasteiger partial charge in [0.2, 0.25) is 6.10 Å². The molecule has 0 aliphatic heterocycles. The molecule has 1 N–H and O–H groups in total. The minimum absolute atomic E-state index is 0.0102. The van der Waals surface area contributed by atoms with Gasteiger partial charge in [-0.15, -0.1) is 0 Å². The average molecular weight is 550 g/mol. The Labute approximate surface area is 224 Å². The van der Waals surface area contributed by atoms with Crippen LogP contribution in [0, 0.1) is 17.3 Å². The van der Waals surface area contributed by atoms with E-state index in [-0.39, 0.29) is 49.4 Å². The van der Waals surface area contributed by atoms with Crippen LogP contribution in [0.15, 0.2) is 12.1 Å². The summed E-state index contributed by atoms with van der Waals surface area (Å²) in [5.41, 5.74) is -0.0484. The number of ether oxygens (including phenoxy) is 2. The lowest BCUT2D eigenvalue weighted by molar-refractivity contribution is -0.223. The van der Waals surface area contributed by atoms with Crippen LogP contribution in [0.4, 0.5) is 13.2 Å². The number of halogens is 3. The smallest absolute Gasteiger partial charge is 0.426 e. The van der Waals surface area contributed by atoms with Gasteiger partial charge in [0, 0.05) is 0 Å². The second-order valence-electron chi connectivity index (χ2n) is 10.3. The third kappa shape index (κ3) is 7.58. The Morgan fingerprint density at radius 1 is 1.05 bits per heavy atom. The van der Waals surface area contributed by atoms with Crippen molar-refractivity contribution in [3.05, 3.63) is 28.8 Å². The minimum Gasteiger partial charge on any atom is -0.451 e. The normalized spacial score (nSPS) is 24.4. The number of fused-ring (bicyclic) bond motifs is 2. The van der Waals surface area contributed by atoms with E-state index in [0.717, 1.165) is 25.7 Å². The number of carbonyl (C=O) groups excluding carboxylic acids is 2. The van der Waals surface area contributed by atoms with Gasteiger partial charge in [0.1, 0.15) is 11.5 Å². The van der Waals surface area contributed by atoms with E-state index >= 15 is 0 Å². The molecule has 6 radical (unpaired) electrons. The van der Waals surface area contributed by atoms with Crippen LogP contribution in [-0.4, -0.2) is 66.5 Å². The van der Waals surface area contributed by atoms with E-state index in [9.17, 15) is 31.2 Å². The van der Waals surface area contributed by atoms with Gasteiger partial charge in [0.05, 0.1) is 35.4 Å². The first-order valence-corrected chi connectivity index (χ1v) is 14.0. The molecule has 2 fully saturated rings. The third-order valence-electron chi connectivity index (χ3n) is 7.34. The monoisotopic (exact) mass is 550 g/mol. The number of esters is 2. The molecule has 0 aromatic heterocycles. The molecule has 0 amide bonds. The van der Waals surface area contributed by atoms with Gasteiger partial charge < -0.3 is 9.47 Å². The highest BCUT2D eigenvalue weighted by atomic mass is 32.2. The van der Waals surface area contributed by atoms with Crippen LogP contribution in [0.1, 0.15) is 61.6 Å². The molecule has 1 aromatic carbocycles. The first-order valence-electron chi connectivity index (χ1n) is 12.4. The number of hydrogen-bond acceptors (Lipinski definition) is 6. The number of carbonyl (C=O) groups is 2. The molecule has 2 saturated carbocycles. The number of rotatable bonds is 10. The number of benzene rings is 1. The van der Waals surface area contributed by atoms with Crippen molar-refractivity contribution in [2.45, 2.75) is 76.2 Å². The van der Waals surface area contributed by atoms with Gasteiger partial charge in [-0.1, -0.05) is 55.9 Å².